The molecular weight excluding hydrogens is 278 g/mol. The molecule has 5 nitrogen and oxygen atoms in total. The van der Waals surface area contributed by atoms with E-state index in [9.17, 15) is 9.59 Å². The van der Waals surface area contributed by atoms with E-state index in [2.05, 4.69) is 34.9 Å². The van der Waals surface area contributed by atoms with Crippen LogP contribution in [0.4, 0.5) is 4.79 Å². The smallest absolute Gasteiger partial charge is 0.321 e. The quantitative estimate of drug-likeness (QED) is 0.752. The van der Waals surface area contributed by atoms with Crippen LogP contribution in [0, 0.1) is 5.92 Å². The Labute approximate surface area is 132 Å². The number of quaternary nitrogens is 1. The molecule has 2 rings (SSSR count). The molecule has 22 heavy (non-hydrogen) atoms. The Morgan fingerprint density at radius 1 is 1.23 bits per heavy atom. The van der Waals surface area contributed by atoms with E-state index in [0.717, 1.165) is 32.4 Å². The Hall–Kier alpha value is -1.88. The third-order valence-corrected chi connectivity index (χ3v) is 4.58. The fraction of sp³-hybridized carbons (Fsp3) is 0.529. The van der Waals surface area contributed by atoms with E-state index in [-0.39, 0.29) is 11.9 Å². The highest BCUT2D eigenvalue weighted by atomic mass is 16.2. The summed E-state index contributed by atoms with van der Waals surface area (Å²) in [5.41, 5.74) is 1.39. The van der Waals surface area contributed by atoms with Crippen LogP contribution in [0.3, 0.4) is 0 Å². The minimum Gasteiger partial charge on any atom is -0.341 e. The number of benzene rings is 1. The molecular formula is C17H26N3O2+. The zero-order valence-corrected chi connectivity index (χ0v) is 13.4. The number of piperidine rings is 1. The summed E-state index contributed by atoms with van der Waals surface area (Å²) >= 11 is 0. The van der Waals surface area contributed by atoms with Gasteiger partial charge < -0.3 is 10.2 Å². The lowest BCUT2D eigenvalue weighted by molar-refractivity contribution is -0.920. The molecule has 120 valence electrons. The summed E-state index contributed by atoms with van der Waals surface area (Å²) < 4.78 is 0. The van der Waals surface area contributed by atoms with Crippen LogP contribution in [-0.4, -0.2) is 38.1 Å². The molecule has 3 N–H and O–H groups in total. The monoisotopic (exact) mass is 304 g/mol. The minimum absolute atomic E-state index is 0.185. The van der Waals surface area contributed by atoms with Crippen molar-refractivity contribution >= 4 is 11.9 Å². The summed E-state index contributed by atoms with van der Waals surface area (Å²) in [7, 11) is 1.51. The molecule has 1 atom stereocenters. The molecule has 1 heterocycles. The van der Waals surface area contributed by atoms with Crippen LogP contribution < -0.4 is 15.5 Å². The Morgan fingerprint density at radius 2 is 1.86 bits per heavy atom. The molecule has 1 aliphatic heterocycles. The van der Waals surface area contributed by atoms with Gasteiger partial charge in [0.15, 0.2) is 6.04 Å². The maximum absolute atomic E-state index is 12.0. The van der Waals surface area contributed by atoms with Gasteiger partial charge in [-0.25, -0.2) is 4.79 Å². The lowest BCUT2D eigenvalue weighted by Gasteiger charge is -2.32. The Bertz CT molecular complexity index is 496. The van der Waals surface area contributed by atoms with Crippen molar-refractivity contribution in [1.29, 1.82) is 0 Å². The van der Waals surface area contributed by atoms with Gasteiger partial charge in [0.1, 0.15) is 0 Å². The normalized spacial score (nSPS) is 22.6. The lowest BCUT2D eigenvalue weighted by Crippen LogP contribution is -3.17. The third-order valence-electron chi connectivity index (χ3n) is 4.58. The highest BCUT2D eigenvalue weighted by molar-refractivity contribution is 5.96. The minimum atomic E-state index is -0.435. The molecule has 1 aliphatic rings. The molecule has 5 heteroatoms. The molecule has 3 amide bonds. The Balaban J connectivity index is 1.79. The number of urea groups is 1. The molecule has 1 aromatic rings. The van der Waals surface area contributed by atoms with E-state index in [1.165, 1.54) is 17.5 Å². The average molecular weight is 304 g/mol. The van der Waals surface area contributed by atoms with Gasteiger partial charge in [0.25, 0.3) is 5.91 Å². The fourth-order valence-electron chi connectivity index (χ4n) is 3.10. The van der Waals surface area contributed by atoms with Crippen LogP contribution in [0.25, 0.3) is 0 Å². The van der Waals surface area contributed by atoms with E-state index >= 15 is 0 Å². The van der Waals surface area contributed by atoms with Crippen molar-refractivity contribution in [2.45, 2.75) is 32.2 Å². The average Bonchev–Trinajstić information content (AvgIpc) is 2.55. The second-order valence-corrected chi connectivity index (χ2v) is 6.08. The molecule has 1 aromatic carbocycles. The van der Waals surface area contributed by atoms with Crippen LogP contribution in [0.15, 0.2) is 30.3 Å². The molecule has 0 unspecified atom stereocenters. The SMILES string of the molecule is CNC(=O)NC(=O)[C@@H](C)[NH+]1CCC(Cc2ccccc2)CC1. The summed E-state index contributed by atoms with van der Waals surface area (Å²) in [6.07, 6.45) is 3.37. The second-order valence-electron chi connectivity index (χ2n) is 6.08. The number of likely N-dealkylation sites (tertiary alicyclic amines) is 1. The summed E-state index contributed by atoms with van der Waals surface area (Å²) in [4.78, 5) is 24.5. The highest BCUT2D eigenvalue weighted by Crippen LogP contribution is 2.16. The summed E-state index contributed by atoms with van der Waals surface area (Å²) in [6.45, 7) is 3.87. The van der Waals surface area contributed by atoms with Crippen molar-refractivity contribution in [3.05, 3.63) is 35.9 Å². The molecule has 0 aromatic heterocycles. The van der Waals surface area contributed by atoms with E-state index in [1.54, 1.807) is 0 Å². The molecule has 0 aliphatic carbocycles. The van der Waals surface area contributed by atoms with Gasteiger partial charge in [0.2, 0.25) is 0 Å². The van der Waals surface area contributed by atoms with Crippen LogP contribution in [0.2, 0.25) is 0 Å². The van der Waals surface area contributed by atoms with Crippen LogP contribution >= 0.6 is 0 Å². The van der Waals surface area contributed by atoms with E-state index in [1.807, 2.05) is 13.0 Å². The van der Waals surface area contributed by atoms with Gasteiger partial charge in [-0.3, -0.25) is 10.1 Å². The van der Waals surface area contributed by atoms with E-state index < -0.39 is 6.03 Å². The maximum Gasteiger partial charge on any atom is 0.321 e. The number of carbonyl (C=O) groups is 2. The first kappa shape index (κ1) is 16.5. The van der Waals surface area contributed by atoms with Crippen molar-refractivity contribution in [3.63, 3.8) is 0 Å². The largest absolute Gasteiger partial charge is 0.341 e. The van der Waals surface area contributed by atoms with Crippen molar-refractivity contribution < 1.29 is 14.5 Å². The number of nitrogens with one attached hydrogen (secondary N) is 3. The van der Waals surface area contributed by atoms with Crippen molar-refractivity contribution in [2.75, 3.05) is 20.1 Å². The molecule has 1 fully saturated rings. The van der Waals surface area contributed by atoms with Gasteiger partial charge in [0, 0.05) is 7.05 Å². The standard InChI is InChI=1S/C17H25N3O2/c1-13(16(21)19-17(22)18-2)20-10-8-15(9-11-20)12-14-6-4-3-5-7-14/h3-7,13,15H,8-12H2,1-2H3,(H2,18,19,21,22)/p+1/t13-/m1/s1. The number of hydrogen-bond donors (Lipinski definition) is 3. The number of imide groups is 1. The lowest BCUT2D eigenvalue weighted by atomic mass is 9.89. The number of rotatable bonds is 4. The van der Waals surface area contributed by atoms with Crippen molar-refractivity contribution in [2.24, 2.45) is 5.92 Å². The van der Waals surface area contributed by atoms with Gasteiger partial charge in [-0.15, -0.1) is 0 Å². The van der Waals surface area contributed by atoms with Crippen LogP contribution in [-0.2, 0) is 11.2 Å². The molecule has 1 saturated heterocycles. The second kappa shape index (κ2) is 7.94. The summed E-state index contributed by atoms with van der Waals surface area (Å²) in [5, 5.41) is 4.78. The topological polar surface area (TPSA) is 62.6 Å². The maximum atomic E-state index is 12.0. The van der Waals surface area contributed by atoms with Crippen LogP contribution in [0.5, 0.6) is 0 Å². The van der Waals surface area contributed by atoms with Crippen molar-refractivity contribution in [3.8, 4) is 0 Å². The zero-order chi connectivity index (χ0) is 15.9. The van der Waals surface area contributed by atoms with Gasteiger partial charge in [-0.05, 0) is 37.7 Å². The van der Waals surface area contributed by atoms with Crippen molar-refractivity contribution in [1.82, 2.24) is 10.6 Å². The first-order valence-corrected chi connectivity index (χ1v) is 8.01. The molecule has 0 radical (unpaired) electrons. The van der Waals surface area contributed by atoms with E-state index in [4.69, 9.17) is 0 Å². The molecule has 0 saturated carbocycles. The van der Waals surface area contributed by atoms with Gasteiger partial charge >= 0.3 is 6.03 Å². The van der Waals surface area contributed by atoms with Gasteiger partial charge in [0.05, 0.1) is 13.1 Å². The van der Waals surface area contributed by atoms with Crippen LogP contribution in [0.1, 0.15) is 25.3 Å². The van der Waals surface area contributed by atoms with E-state index in [0.29, 0.717) is 5.92 Å². The summed E-state index contributed by atoms with van der Waals surface area (Å²) in [5.74, 6) is 0.496. The van der Waals surface area contributed by atoms with Gasteiger partial charge in [-0.2, -0.15) is 0 Å². The Kier molecular flexibility index (Phi) is 5.95. The Morgan fingerprint density at radius 3 is 2.45 bits per heavy atom. The molecule has 0 bridgehead atoms. The highest BCUT2D eigenvalue weighted by Gasteiger charge is 2.30. The first-order chi connectivity index (χ1) is 10.6. The summed E-state index contributed by atoms with van der Waals surface area (Å²) in [6, 6.07) is 9.95. The number of amides is 3. The number of hydrogen-bond acceptors (Lipinski definition) is 2. The first-order valence-electron chi connectivity index (χ1n) is 8.01. The van der Waals surface area contributed by atoms with Gasteiger partial charge in [-0.1, -0.05) is 30.3 Å². The third kappa shape index (κ3) is 4.56. The predicted octanol–water partition coefficient (Wildman–Crippen LogP) is 0.368. The molecule has 0 spiro atoms. The number of carbonyl (C=O) groups excluding carboxylic acids is 2. The zero-order valence-electron chi connectivity index (χ0n) is 13.4. The predicted molar refractivity (Wildman–Crippen MR) is 85.6 cm³/mol. The fourth-order valence-corrected chi connectivity index (χ4v) is 3.10.